The number of hydrogen-bond donors (Lipinski definition) is 0. The van der Waals surface area contributed by atoms with E-state index in [1.54, 1.807) is 0 Å². The van der Waals surface area contributed by atoms with Gasteiger partial charge in [-0.1, -0.05) is 43.7 Å². The molecule has 2 heterocycles. The minimum atomic E-state index is -0.377. The van der Waals surface area contributed by atoms with Gasteiger partial charge in [0.25, 0.3) is 0 Å². The van der Waals surface area contributed by atoms with E-state index >= 15 is 0 Å². The maximum absolute atomic E-state index is 12.1. The molecule has 0 fully saturated rings. The van der Waals surface area contributed by atoms with Gasteiger partial charge < -0.3 is 4.42 Å². The molecule has 142 valence electrons. The molecule has 0 amide bonds. The third-order valence-corrected chi connectivity index (χ3v) is 4.91. The van der Waals surface area contributed by atoms with Crippen LogP contribution in [0.15, 0.2) is 51.7 Å². The molecular formula is C22H22N4O2. The second-order valence-corrected chi connectivity index (χ2v) is 7.46. The molecule has 0 spiro atoms. The molecule has 0 bridgehead atoms. The van der Waals surface area contributed by atoms with Crippen LogP contribution >= 0.6 is 0 Å². The van der Waals surface area contributed by atoms with Crippen LogP contribution in [0.1, 0.15) is 42.0 Å². The highest BCUT2D eigenvalue weighted by Crippen LogP contribution is 2.27. The van der Waals surface area contributed by atoms with E-state index in [2.05, 4.69) is 35.3 Å². The van der Waals surface area contributed by atoms with Gasteiger partial charge in [0.15, 0.2) is 0 Å². The lowest BCUT2D eigenvalue weighted by atomic mass is 9.95. The van der Waals surface area contributed by atoms with Gasteiger partial charge in [-0.25, -0.2) is 4.79 Å². The molecule has 6 nitrogen and oxygen atoms in total. The Morgan fingerprint density at radius 1 is 1.07 bits per heavy atom. The summed E-state index contributed by atoms with van der Waals surface area (Å²) in [5, 5.41) is 13.7. The van der Waals surface area contributed by atoms with Crippen molar-refractivity contribution < 1.29 is 4.42 Å². The molecule has 0 atom stereocenters. The van der Waals surface area contributed by atoms with E-state index in [9.17, 15) is 4.79 Å². The van der Waals surface area contributed by atoms with Crippen LogP contribution in [-0.4, -0.2) is 20.2 Å². The highest BCUT2D eigenvalue weighted by molar-refractivity contribution is 5.82. The van der Waals surface area contributed by atoms with Gasteiger partial charge in [-0.15, -0.1) is 10.2 Å². The van der Waals surface area contributed by atoms with Crippen molar-refractivity contribution in [2.24, 2.45) is 0 Å². The monoisotopic (exact) mass is 374 g/mol. The molecule has 0 saturated heterocycles. The van der Waals surface area contributed by atoms with Crippen molar-refractivity contribution in [3.05, 3.63) is 75.1 Å². The predicted molar refractivity (Wildman–Crippen MR) is 108 cm³/mol. The van der Waals surface area contributed by atoms with Gasteiger partial charge in [-0.2, -0.15) is 4.80 Å². The van der Waals surface area contributed by atoms with E-state index < -0.39 is 0 Å². The molecule has 4 rings (SSSR count). The maximum atomic E-state index is 12.1. The largest absolute Gasteiger partial charge is 0.423 e. The second kappa shape index (κ2) is 7.03. The zero-order chi connectivity index (χ0) is 19.8. The molecule has 6 heteroatoms. The van der Waals surface area contributed by atoms with Crippen molar-refractivity contribution in [2.75, 3.05) is 0 Å². The molecule has 2 aromatic carbocycles. The summed E-state index contributed by atoms with van der Waals surface area (Å²) >= 11 is 0. The number of aromatic nitrogens is 4. The molecule has 0 radical (unpaired) electrons. The van der Waals surface area contributed by atoms with Crippen molar-refractivity contribution in [3.8, 4) is 11.4 Å². The summed E-state index contributed by atoms with van der Waals surface area (Å²) in [5.74, 6) is 0.938. The van der Waals surface area contributed by atoms with Gasteiger partial charge in [0.1, 0.15) is 5.58 Å². The number of hydrogen-bond acceptors (Lipinski definition) is 5. The Bertz CT molecular complexity index is 1200. The lowest BCUT2D eigenvalue weighted by molar-refractivity contribution is 0.545. The summed E-state index contributed by atoms with van der Waals surface area (Å²) in [6.45, 7) is 8.72. The average molecular weight is 374 g/mol. The van der Waals surface area contributed by atoms with E-state index in [-0.39, 0.29) is 5.63 Å². The fourth-order valence-electron chi connectivity index (χ4n) is 3.43. The zero-order valence-corrected chi connectivity index (χ0v) is 16.4. The van der Waals surface area contributed by atoms with Gasteiger partial charge in [0.05, 0.1) is 6.54 Å². The molecule has 0 aliphatic heterocycles. The number of fused-ring (bicyclic) bond motifs is 1. The summed E-state index contributed by atoms with van der Waals surface area (Å²) in [7, 11) is 0. The number of benzene rings is 2. The summed E-state index contributed by atoms with van der Waals surface area (Å²) in [6, 6.07) is 13.5. The Balaban J connectivity index is 1.74. The fraction of sp³-hybridized carbons (Fsp3) is 0.273. The van der Waals surface area contributed by atoms with Gasteiger partial charge in [0.2, 0.25) is 5.82 Å². The molecule has 0 aliphatic carbocycles. The topological polar surface area (TPSA) is 73.8 Å². The van der Waals surface area contributed by atoms with E-state index in [0.29, 0.717) is 23.9 Å². The van der Waals surface area contributed by atoms with Crippen LogP contribution in [0, 0.1) is 13.8 Å². The first-order chi connectivity index (χ1) is 13.4. The van der Waals surface area contributed by atoms with Crippen molar-refractivity contribution in [1.82, 2.24) is 20.2 Å². The number of tetrazole rings is 1. The molecular weight excluding hydrogens is 352 g/mol. The van der Waals surface area contributed by atoms with Crippen molar-refractivity contribution in [2.45, 2.75) is 40.2 Å². The number of nitrogens with zero attached hydrogens (tertiary/aromatic N) is 4. The normalized spacial score (nSPS) is 11.5. The smallest absolute Gasteiger partial charge is 0.336 e. The molecule has 0 aliphatic rings. The number of rotatable bonds is 4. The Kier molecular flexibility index (Phi) is 4.55. The molecule has 0 saturated carbocycles. The van der Waals surface area contributed by atoms with E-state index in [1.165, 1.54) is 22.0 Å². The Morgan fingerprint density at radius 3 is 2.54 bits per heavy atom. The third kappa shape index (κ3) is 3.45. The van der Waals surface area contributed by atoms with E-state index in [4.69, 9.17) is 4.42 Å². The van der Waals surface area contributed by atoms with Crippen LogP contribution in [0.4, 0.5) is 0 Å². The summed E-state index contributed by atoms with van der Waals surface area (Å²) < 4.78 is 5.42. The fourth-order valence-corrected chi connectivity index (χ4v) is 3.43. The first-order valence-electron chi connectivity index (χ1n) is 9.33. The van der Waals surface area contributed by atoms with E-state index in [1.807, 2.05) is 44.2 Å². The highest BCUT2D eigenvalue weighted by atomic mass is 16.4. The number of aryl methyl sites for hydroxylation is 2. The first kappa shape index (κ1) is 18.1. The summed E-state index contributed by atoms with van der Waals surface area (Å²) in [6.07, 6.45) is 0. The minimum Gasteiger partial charge on any atom is -0.423 e. The van der Waals surface area contributed by atoms with Crippen LogP contribution < -0.4 is 5.63 Å². The van der Waals surface area contributed by atoms with E-state index in [0.717, 1.165) is 22.1 Å². The minimum absolute atomic E-state index is 0.349. The van der Waals surface area contributed by atoms with Crippen LogP contribution in [0.3, 0.4) is 0 Å². The third-order valence-electron chi connectivity index (χ3n) is 4.91. The summed E-state index contributed by atoms with van der Waals surface area (Å²) in [4.78, 5) is 13.6. The van der Waals surface area contributed by atoms with Crippen molar-refractivity contribution in [3.63, 3.8) is 0 Å². The average Bonchev–Trinajstić information content (AvgIpc) is 3.09. The Labute approximate surface area is 162 Å². The molecule has 0 unspecified atom stereocenters. The van der Waals surface area contributed by atoms with Crippen LogP contribution in [0.5, 0.6) is 0 Å². The molecule has 0 N–H and O–H groups in total. The van der Waals surface area contributed by atoms with Gasteiger partial charge in [0, 0.05) is 17.0 Å². The maximum Gasteiger partial charge on any atom is 0.336 e. The van der Waals surface area contributed by atoms with Gasteiger partial charge in [-0.05, 0) is 53.8 Å². The first-order valence-corrected chi connectivity index (χ1v) is 9.33. The Hall–Kier alpha value is -3.28. The van der Waals surface area contributed by atoms with Crippen molar-refractivity contribution in [1.29, 1.82) is 0 Å². The quantitative estimate of drug-likeness (QED) is 0.500. The molecule has 28 heavy (non-hydrogen) atoms. The van der Waals surface area contributed by atoms with Crippen LogP contribution in [0.25, 0.3) is 22.4 Å². The van der Waals surface area contributed by atoms with Crippen LogP contribution in [0.2, 0.25) is 0 Å². The van der Waals surface area contributed by atoms with Crippen LogP contribution in [-0.2, 0) is 6.54 Å². The lowest BCUT2D eigenvalue weighted by Crippen LogP contribution is -2.09. The lowest BCUT2D eigenvalue weighted by Gasteiger charge is -2.12. The Morgan fingerprint density at radius 2 is 1.82 bits per heavy atom. The molecule has 2 aromatic heterocycles. The second-order valence-electron chi connectivity index (χ2n) is 7.46. The van der Waals surface area contributed by atoms with Gasteiger partial charge in [-0.3, -0.25) is 0 Å². The van der Waals surface area contributed by atoms with Crippen molar-refractivity contribution >= 4 is 11.0 Å². The predicted octanol–water partition coefficient (Wildman–Crippen LogP) is 4.24. The SMILES string of the molecule is Cc1ccc(-c2nnn(Cc3cc(=O)oc4cc(C)c(C(C)C)cc34)n2)cc1. The standard InChI is InChI=1S/C22H22N4O2/c1-13(2)18-11-19-17(10-21(27)28-20(19)9-15(18)4)12-26-24-22(23-25-26)16-7-5-14(3)6-8-16/h5-11,13H,12H2,1-4H3. The summed E-state index contributed by atoms with van der Waals surface area (Å²) in [5.41, 5.74) is 5.46. The zero-order valence-electron chi connectivity index (χ0n) is 16.4. The van der Waals surface area contributed by atoms with Gasteiger partial charge >= 0.3 is 5.63 Å². The highest BCUT2D eigenvalue weighted by Gasteiger charge is 2.13. The molecule has 4 aromatic rings.